The third kappa shape index (κ3) is 2.55. The molecule has 0 N–H and O–H groups in total. The predicted octanol–water partition coefficient (Wildman–Crippen LogP) is 5.49. The third-order valence-corrected chi connectivity index (χ3v) is 5.06. The highest BCUT2D eigenvalue weighted by Gasteiger charge is 2.28. The van der Waals surface area contributed by atoms with Crippen molar-refractivity contribution >= 4 is 22.6 Å². The summed E-state index contributed by atoms with van der Waals surface area (Å²) in [5.41, 5.74) is 3.52. The van der Waals surface area contributed by atoms with Crippen molar-refractivity contribution in [2.75, 3.05) is 0 Å². The first-order chi connectivity index (χ1) is 12.7. The summed E-state index contributed by atoms with van der Waals surface area (Å²) in [6.07, 6.45) is 4.67. The lowest BCUT2D eigenvalue weighted by atomic mass is 9.87. The Balaban J connectivity index is 2.09. The molecule has 3 aromatic rings. The maximum Gasteiger partial charge on any atom is 0.200 e. The van der Waals surface area contributed by atoms with Gasteiger partial charge in [-0.15, -0.1) is 0 Å². The molecular weight excluding hydrogens is 322 g/mol. The van der Waals surface area contributed by atoms with E-state index in [1.807, 2.05) is 42.5 Å². The number of nitrogens with zero attached hydrogens (tertiary/aromatic N) is 1. The summed E-state index contributed by atoms with van der Waals surface area (Å²) in [7, 11) is 0. The van der Waals surface area contributed by atoms with Gasteiger partial charge in [0.15, 0.2) is 5.43 Å². The van der Waals surface area contributed by atoms with E-state index in [1.54, 1.807) is 12.1 Å². The van der Waals surface area contributed by atoms with E-state index in [-0.39, 0.29) is 11.3 Å². The smallest absolute Gasteiger partial charge is 0.200 e. The molecule has 0 saturated heterocycles. The second-order valence-electron chi connectivity index (χ2n) is 6.66. The quantitative estimate of drug-likeness (QED) is 0.632. The highest BCUT2D eigenvalue weighted by Crippen LogP contribution is 2.40. The largest absolute Gasteiger partial charge is 0.460 e. The molecule has 3 heteroatoms. The number of para-hydroxylation sites is 1. The molecule has 1 aliphatic rings. The second kappa shape index (κ2) is 6.65. The van der Waals surface area contributed by atoms with Gasteiger partial charge in [-0.2, -0.15) is 5.26 Å². The summed E-state index contributed by atoms with van der Waals surface area (Å²) < 4.78 is 6.25. The van der Waals surface area contributed by atoms with Crippen LogP contribution in [0.25, 0.3) is 22.6 Å². The van der Waals surface area contributed by atoms with Crippen LogP contribution in [-0.4, -0.2) is 0 Å². The van der Waals surface area contributed by atoms with Gasteiger partial charge in [-0.1, -0.05) is 56.2 Å². The van der Waals surface area contributed by atoms with Crippen molar-refractivity contribution < 1.29 is 4.42 Å². The maximum atomic E-state index is 13.1. The summed E-state index contributed by atoms with van der Waals surface area (Å²) in [6, 6.07) is 17.5. The lowest BCUT2D eigenvalue weighted by Gasteiger charge is -2.19. The average molecular weight is 341 g/mol. The summed E-state index contributed by atoms with van der Waals surface area (Å²) in [6.45, 7) is 2.15. The summed E-state index contributed by atoms with van der Waals surface area (Å²) >= 11 is 0. The molecule has 3 nitrogen and oxygen atoms in total. The number of benzene rings is 2. The Morgan fingerprint density at radius 1 is 1.12 bits per heavy atom. The molecule has 0 unspecified atom stereocenters. The summed E-state index contributed by atoms with van der Waals surface area (Å²) in [4.78, 5) is 13.1. The minimum Gasteiger partial charge on any atom is -0.460 e. The van der Waals surface area contributed by atoms with Gasteiger partial charge in [0.1, 0.15) is 11.3 Å². The van der Waals surface area contributed by atoms with Crippen LogP contribution in [0, 0.1) is 11.3 Å². The van der Waals surface area contributed by atoms with E-state index in [0.29, 0.717) is 27.9 Å². The van der Waals surface area contributed by atoms with Crippen molar-refractivity contribution in [1.82, 2.24) is 0 Å². The molecule has 1 aliphatic carbocycles. The normalized spacial score (nSPS) is 15.5. The molecule has 1 aromatic heterocycles. The zero-order valence-corrected chi connectivity index (χ0v) is 14.7. The molecule has 128 valence electrons. The maximum absolute atomic E-state index is 13.1. The summed E-state index contributed by atoms with van der Waals surface area (Å²) in [5, 5.41) is 10.3. The number of fused-ring (bicyclic) bond motifs is 3. The van der Waals surface area contributed by atoms with Crippen molar-refractivity contribution in [3.63, 3.8) is 0 Å². The van der Waals surface area contributed by atoms with Crippen molar-refractivity contribution in [3.8, 4) is 6.07 Å². The first kappa shape index (κ1) is 16.4. The van der Waals surface area contributed by atoms with Gasteiger partial charge < -0.3 is 4.42 Å². The van der Waals surface area contributed by atoms with Gasteiger partial charge in [0.2, 0.25) is 0 Å². The molecule has 0 amide bonds. The fraction of sp³-hybridized carbons (Fsp3) is 0.217. The van der Waals surface area contributed by atoms with Gasteiger partial charge in [0.05, 0.1) is 22.6 Å². The molecule has 0 saturated carbocycles. The number of nitriles is 1. The standard InChI is InChI=1S/C23H19NO2/c1-2-3-8-18-17-10-5-4-9-16(17)15(14-24)13-20-22(25)19-11-6-7-12-21(19)26-23(18)20/h4-7,9-13,18H,2-3,8H2,1H3/t18-/m1/s1. The van der Waals surface area contributed by atoms with E-state index >= 15 is 0 Å². The predicted molar refractivity (Wildman–Crippen MR) is 104 cm³/mol. The van der Waals surface area contributed by atoms with Gasteiger partial charge in [-0.05, 0) is 35.8 Å². The average Bonchev–Trinajstić information content (AvgIpc) is 2.81. The molecule has 0 bridgehead atoms. The molecule has 1 heterocycles. The molecule has 26 heavy (non-hydrogen) atoms. The van der Waals surface area contributed by atoms with Crippen molar-refractivity contribution in [3.05, 3.63) is 81.2 Å². The van der Waals surface area contributed by atoms with Crippen LogP contribution in [0.4, 0.5) is 0 Å². The van der Waals surface area contributed by atoms with Gasteiger partial charge in [-0.25, -0.2) is 0 Å². The van der Waals surface area contributed by atoms with Crippen molar-refractivity contribution in [2.45, 2.75) is 32.1 Å². The fourth-order valence-electron chi connectivity index (χ4n) is 3.77. The highest BCUT2D eigenvalue weighted by atomic mass is 16.3. The fourth-order valence-corrected chi connectivity index (χ4v) is 3.77. The van der Waals surface area contributed by atoms with E-state index < -0.39 is 0 Å². The van der Waals surface area contributed by atoms with Crippen LogP contribution < -0.4 is 5.43 Å². The molecule has 0 radical (unpaired) electrons. The van der Waals surface area contributed by atoms with Gasteiger partial charge >= 0.3 is 0 Å². The third-order valence-electron chi connectivity index (χ3n) is 5.06. The van der Waals surface area contributed by atoms with Crippen LogP contribution in [0.5, 0.6) is 0 Å². The van der Waals surface area contributed by atoms with Crippen LogP contribution in [0.3, 0.4) is 0 Å². The molecule has 2 aromatic carbocycles. The van der Waals surface area contributed by atoms with E-state index in [2.05, 4.69) is 13.0 Å². The lowest BCUT2D eigenvalue weighted by Crippen LogP contribution is -2.12. The zero-order chi connectivity index (χ0) is 18.1. The van der Waals surface area contributed by atoms with E-state index in [9.17, 15) is 10.1 Å². The summed E-state index contributed by atoms with van der Waals surface area (Å²) in [5.74, 6) is 0.653. The van der Waals surface area contributed by atoms with E-state index in [4.69, 9.17) is 4.42 Å². The zero-order valence-electron chi connectivity index (χ0n) is 14.7. The van der Waals surface area contributed by atoms with Crippen LogP contribution in [0.2, 0.25) is 0 Å². The lowest BCUT2D eigenvalue weighted by molar-refractivity contribution is 0.483. The minimum atomic E-state index is -0.0658. The number of unbranched alkanes of at least 4 members (excludes halogenated alkanes) is 1. The molecule has 1 atom stereocenters. The molecule has 0 fully saturated rings. The van der Waals surface area contributed by atoms with E-state index in [0.717, 1.165) is 30.4 Å². The van der Waals surface area contributed by atoms with Crippen LogP contribution in [0.1, 0.15) is 54.6 Å². The van der Waals surface area contributed by atoms with Crippen LogP contribution in [0.15, 0.2) is 57.7 Å². The Bertz CT molecular complexity index is 1110. The Hall–Kier alpha value is -3.12. The Labute approximate surface area is 152 Å². The number of rotatable bonds is 3. The second-order valence-corrected chi connectivity index (χ2v) is 6.66. The monoisotopic (exact) mass is 341 g/mol. The van der Waals surface area contributed by atoms with E-state index in [1.165, 1.54) is 0 Å². The van der Waals surface area contributed by atoms with Crippen LogP contribution >= 0.6 is 0 Å². The Kier molecular flexibility index (Phi) is 4.18. The number of allylic oxidation sites excluding steroid dienone is 1. The van der Waals surface area contributed by atoms with Gasteiger partial charge in [0, 0.05) is 5.92 Å². The first-order valence-corrected chi connectivity index (χ1v) is 9.01. The van der Waals surface area contributed by atoms with Crippen molar-refractivity contribution in [2.24, 2.45) is 0 Å². The van der Waals surface area contributed by atoms with Gasteiger partial charge in [-0.3, -0.25) is 4.79 Å². The number of hydrogen-bond donors (Lipinski definition) is 0. The van der Waals surface area contributed by atoms with Crippen LogP contribution in [-0.2, 0) is 0 Å². The highest BCUT2D eigenvalue weighted by molar-refractivity contribution is 5.94. The number of hydrogen-bond acceptors (Lipinski definition) is 3. The SMILES string of the molecule is CCCC[C@@H]1c2ccccc2C(C#N)=Cc2c1oc1ccccc1c2=O. The molecule has 0 aliphatic heterocycles. The molecule has 0 spiro atoms. The topological polar surface area (TPSA) is 54.0 Å². The first-order valence-electron chi connectivity index (χ1n) is 9.01. The minimum absolute atomic E-state index is 0.0273. The Morgan fingerprint density at radius 3 is 2.69 bits per heavy atom. The Morgan fingerprint density at radius 2 is 1.88 bits per heavy atom. The molecular formula is C23H19NO2. The van der Waals surface area contributed by atoms with Gasteiger partial charge in [0.25, 0.3) is 0 Å². The molecule has 4 rings (SSSR count). The van der Waals surface area contributed by atoms with Crippen molar-refractivity contribution in [1.29, 1.82) is 5.26 Å².